The smallest absolute Gasteiger partial charge is 0.157 e. The van der Waals surface area contributed by atoms with Gasteiger partial charge in [0.25, 0.3) is 0 Å². The zero-order chi connectivity index (χ0) is 16.4. The van der Waals surface area contributed by atoms with Crippen LogP contribution in [0.1, 0.15) is 72.1 Å². The molecule has 128 valence electrons. The minimum Gasteiger partial charge on any atom is -0.443 e. The molecule has 0 heterocycles. The molecule has 0 spiro atoms. The van der Waals surface area contributed by atoms with E-state index < -0.39 is 0 Å². The molecule has 2 heteroatoms. The van der Waals surface area contributed by atoms with Gasteiger partial charge in [-0.25, -0.2) is 0 Å². The summed E-state index contributed by atoms with van der Waals surface area (Å²) >= 11 is 0. The molecule has 3 fully saturated rings. The maximum absolute atomic E-state index is 12.2. The van der Waals surface area contributed by atoms with Gasteiger partial charge < -0.3 is 5.11 Å². The molecule has 0 aromatic heterocycles. The number of allylic oxidation sites excluding steroid dienone is 1. The minimum absolute atomic E-state index is 0.133. The van der Waals surface area contributed by atoms with E-state index in [2.05, 4.69) is 19.9 Å². The Labute approximate surface area is 140 Å². The number of carbonyl (C=O) groups excluding carboxylic acids is 1. The van der Waals surface area contributed by atoms with Crippen molar-refractivity contribution < 1.29 is 9.90 Å². The van der Waals surface area contributed by atoms with Crippen LogP contribution in [0, 0.1) is 34.5 Å². The molecule has 0 aromatic carbocycles. The molecule has 4 aliphatic carbocycles. The second-order valence-corrected chi connectivity index (χ2v) is 9.48. The number of carbonyl (C=O) groups is 1. The van der Waals surface area contributed by atoms with E-state index in [1.807, 2.05) is 6.92 Å². The lowest BCUT2D eigenvalue weighted by Gasteiger charge is -2.57. The number of ketones is 1. The summed E-state index contributed by atoms with van der Waals surface area (Å²) < 4.78 is 0. The van der Waals surface area contributed by atoms with Crippen molar-refractivity contribution in [3.05, 3.63) is 11.6 Å². The summed E-state index contributed by atoms with van der Waals surface area (Å²) in [6.07, 6.45) is 12.1. The largest absolute Gasteiger partial charge is 0.443 e. The van der Waals surface area contributed by atoms with E-state index in [0.717, 1.165) is 37.0 Å². The molecule has 4 aliphatic rings. The molecule has 4 rings (SSSR count). The fourth-order valence-electron chi connectivity index (χ4n) is 7.33. The Morgan fingerprint density at radius 1 is 1.13 bits per heavy atom. The van der Waals surface area contributed by atoms with Gasteiger partial charge in [-0.1, -0.05) is 25.5 Å². The second-order valence-electron chi connectivity index (χ2n) is 9.48. The monoisotopic (exact) mass is 317 g/mol. The first kappa shape index (κ1) is 15.9. The topological polar surface area (TPSA) is 40.0 Å². The first-order valence-corrected chi connectivity index (χ1v) is 9.77. The predicted octanol–water partition coefficient (Wildman–Crippen LogP) is 4.25. The molecule has 0 aromatic rings. The molecule has 0 amide bonds. The number of Topliss-reactive ketones (excluding diaryl/α,β-unsaturated/α-hetero) is 1. The summed E-state index contributed by atoms with van der Waals surface area (Å²) in [5, 5.41) is 8.16. The molecule has 0 radical (unpaired) electrons. The SMILES string of the molecule is CC(=O)C1CCC2C3CC=C4CC([OH2+])CCC4(C)C3CCC12C. The van der Waals surface area contributed by atoms with Gasteiger partial charge in [0.15, 0.2) is 6.10 Å². The van der Waals surface area contributed by atoms with Crippen LogP contribution in [-0.4, -0.2) is 17.0 Å². The summed E-state index contributed by atoms with van der Waals surface area (Å²) in [6, 6.07) is 0. The van der Waals surface area contributed by atoms with E-state index in [1.54, 1.807) is 5.57 Å². The van der Waals surface area contributed by atoms with Crippen LogP contribution in [0.2, 0.25) is 0 Å². The van der Waals surface area contributed by atoms with Gasteiger partial charge in [-0.05, 0) is 74.0 Å². The third-order valence-corrected chi connectivity index (χ3v) is 8.59. The standard InChI is InChI=1S/C21H32O2/c1-13(22)17-6-7-18-16-5-4-14-12-15(23)8-10-20(14,2)19(16)9-11-21(17,18)3/h4,15-19,23H,5-12H2,1-3H3/p+1. The van der Waals surface area contributed by atoms with Crippen LogP contribution in [0.15, 0.2) is 11.6 Å². The second kappa shape index (κ2) is 5.18. The molecule has 7 atom stereocenters. The van der Waals surface area contributed by atoms with Gasteiger partial charge in [-0.3, -0.25) is 4.79 Å². The van der Waals surface area contributed by atoms with Gasteiger partial charge in [-0.15, -0.1) is 0 Å². The van der Waals surface area contributed by atoms with E-state index in [9.17, 15) is 4.79 Å². The van der Waals surface area contributed by atoms with Gasteiger partial charge >= 0.3 is 0 Å². The molecule has 2 N–H and O–H groups in total. The first-order chi connectivity index (χ1) is 10.9. The van der Waals surface area contributed by atoms with E-state index >= 15 is 0 Å². The summed E-state index contributed by atoms with van der Waals surface area (Å²) in [6.45, 7) is 6.75. The Balaban J connectivity index is 1.66. The van der Waals surface area contributed by atoms with Crippen molar-refractivity contribution in [3.8, 4) is 0 Å². The maximum atomic E-state index is 12.2. The highest BCUT2D eigenvalue weighted by molar-refractivity contribution is 5.79. The maximum Gasteiger partial charge on any atom is 0.157 e. The quantitative estimate of drug-likeness (QED) is 0.526. The van der Waals surface area contributed by atoms with E-state index in [1.165, 1.54) is 32.1 Å². The fraction of sp³-hybridized carbons (Fsp3) is 0.857. The van der Waals surface area contributed by atoms with Crippen molar-refractivity contribution >= 4 is 5.78 Å². The number of fused-ring (bicyclic) bond motifs is 5. The van der Waals surface area contributed by atoms with Crippen LogP contribution < -0.4 is 0 Å². The molecule has 3 saturated carbocycles. The molecule has 0 bridgehead atoms. The Kier molecular flexibility index (Phi) is 3.58. The molecule has 23 heavy (non-hydrogen) atoms. The van der Waals surface area contributed by atoms with Crippen LogP contribution in [0.5, 0.6) is 0 Å². The van der Waals surface area contributed by atoms with Crippen molar-refractivity contribution in [3.63, 3.8) is 0 Å². The van der Waals surface area contributed by atoms with Crippen LogP contribution >= 0.6 is 0 Å². The lowest BCUT2D eigenvalue weighted by atomic mass is 9.47. The number of hydrogen-bond acceptors (Lipinski definition) is 1. The molecular weight excluding hydrogens is 284 g/mol. The normalized spacial score (nSPS) is 52.2. The van der Waals surface area contributed by atoms with E-state index in [-0.39, 0.29) is 11.5 Å². The zero-order valence-corrected chi connectivity index (χ0v) is 15.0. The van der Waals surface area contributed by atoms with E-state index in [0.29, 0.717) is 17.1 Å². The third kappa shape index (κ3) is 2.13. The lowest BCUT2D eigenvalue weighted by Crippen LogP contribution is -2.50. The van der Waals surface area contributed by atoms with Gasteiger partial charge in [-0.2, -0.15) is 0 Å². The van der Waals surface area contributed by atoms with Gasteiger partial charge in [0.05, 0.1) is 0 Å². The van der Waals surface area contributed by atoms with Crippen molar-refractivity contribution in [2.45, 2.75) is 78.2 Å². The third-order valence-electron chi connectivity index (χ3n) is 8.59. The lowest BCUT2D eigenvalue weighted by molar-refractivity contribution is -0.127. The van der Waals surface area contributed by atoms with Crippen molar-refractivity contribution in [2.75, 3.05) is 0 Å². The number of hydrogen-bond donors (Lipinski definition) is 0. The Hall–Kier alpha value is -0.630. The van der Waals surface area contributed by atoms with Gasteiger partial charge in [0.1, 0.15) is 5.78 Å². The highest BCUT2D eigenvalue weighted by Crippen LogP contribution is 2.66. The molecule has 0 saturated heterocycles. The average Bonchev–Trinajstić information content (AvgIpc) is 2.85. The van der Waals surface area contributed by atoms with Crippen LogP contribution in [0.4, 0.5) is 0 Å². The highest BCUT2D eigenvalue weighted by atomic mass is 16.3. The molecular formula is C21H33O2+. The molecule has 0 aliphatic heterocycles. The fourth-order valence-corrected chi connectivity index (χ4v) is 7.33. The van der Waals surface area contributed by atoms with Crippen LogP contribution in [-0.2, 0) is 4.79 Å². The summed E-state index contributed by atoms with van der Waals surface area (Å²) in [4.78, 5) is 12.2. The average molecular weight is 317 g/mol. The van der Waals surface area contributed by atoms with Gasteiger partial charge in [0, 0.05) is 18.8 Å². The number of rotatable bonds is 1. The summed E-state index contributed by atoms with van der Waals surface area (Å²) in [5.41, 5.74) is 2.23. The van der Waals surface area contributed by atoms with Crippen LogP contribution in [0.3, 0.4) is 0 Å². The summed E-state index contributed by atoms with van der Waals surface area (Å²) in [7, 11) is 0. The predicted molar refractivity (Wildman–Crippen MR) is 93.3 cm³/mol. The Morgan fingerprint density at radius 3 is 2.65 bits per heavy atom. The Bertz CT molecular complexity index is 550. The minimum atomic E-state index is 0.133. The zero-order valence-electron chi connectivity index (χ0n) is 15.0. The van der Waals surface area contributed by atoms with Crippen molar-refractivity contribution in [2.24, 2.45) is 34.5 Å². The van der Waals surface area contributed by atoms with Gasteiger partial charge in [0.2, 0.25) is 0 Å². The van der Waals surface area contributed by atoms with Crippen molar-refractivity contribution in [1.29, 1.82) is 0 Å². The van der Waals surface area contributed by atoms with Crippen molar-refractivity contribution in [1.82, 2.24) is 0 Å². The molecule has 2 nitrogen and oxygen atoms in total. The van der Waals surface area contributed by atoms with E-state index in [4.69, 9.17) is 5.11 Å². The molecule has 7 unspecified atom stereocenters. The first-order valence-electron chi connectivity index (χ1n) is 9.77. The highest BCUT2D eigenvalue weighted by Gasteiger charge is 2.59. The summed E-state index contributed by atoms with van der Waals surface area (Å²) in [5.74, 6) is 3.09. The van der Waals surface area contributed by atoms with Crippen LogP contribution in [0.25, 0.3) is 0 Å². The Morgan fingerprint density at radius 2 is 1.91 bits per heavy atom.